The fourth-order valence-corrected chi connectivity index (χ4v) is 0.761. The van der Waals surface area contributed by atoms with Gasteiger partial charge in [-0.05, 0) is 25.9 Å². The van der Waals surface area contributed by atoms with Crippen LogP contribution in [0, 0.1) is 12.3 Å². The van der Waals surface area contributed by atoms with Crippen molar-refractivity contribution in [3.63, 3.8) is 0 Å². The van der Waals surface area contributed by atoms with Crippen LogP contribution in [0.2, 0.25) is 0 Å². The zero-order valence-corrected chi connectivity index (χ0v) is 4.98. The quantitative estimate of drug-likeness (QED) is 0.544. The van der Waals surface area contributed by atoms with Gasteiger partial charge < -0.3 is 5.32 Å². The van der Waals surface area contributed by atoms with Gasteiger partial charge >= 0.3 is 0 Å². The summed E-state index contributed by atoms with van der Waals surface area (Å²) in [4.78, 5) is 10.4. The topological polar surface area (TPSA) is 29.1 Å². The highest BCUT2D eigenvalue weighted by Crippen LogP contribution is 2.06. The van der Waals surface area contributed by atoms with Crippen LogP contribution in [0.4, 0.5) is 0 Å². The van der Waals surface area contributed by atoms with Crippen molar-refractivity contribution in [1.29, 1.82) is 0 Å². The van der Waals surface area contributed by atoms with Gasteiger partial charge in [-0.15, -0.1) is 0 Å². The van der Waals surface area contributed by atoms with E-state index in [0.717, 1.165) is 13.1 Å². The van der Waals surface area contributed by atoms with E-state index in [1.807, 2.05) is 0 Å². The second-order valence-electron chi connectivity index (χ2n) is 2.20. The summed E-state index contributed by atoms with van der Waals surface area (Å²) in [6.07, 6.45) is 1.77. The highest BCUT2D eigenvalue weighted by atomic mass is 16.1. The summed E-state index contributed by atoms with van der Waals surface area (Å²) in [6, 6.07) is 0. The second-order valence-corrected chi connectivity index (χ2v) is 2.20. The average Bonchev–Trinajstić information content (AvgIpc) is 1.55. The summed E-state index contributed by atoms with van der Waals surface area (Å²) in [5.41, 5.74) is 0. The number of hydrogen-bond acceptors (Lipinski definition) is 2. The third-order valence-corrected chi connectivity index (χ3v) is 1.28. The molecule has 0 bridgehead atoms. The molecule has 0 aromatic rings. The molecule has 8 heavy (non-hydrogen) atoms. The van der Waals surface area contributed by atoms with E-state index < -0.39 is 0 Å². The first kappa shape index (κ1) is 5.76. The van der Waals surface area contributed by atoms with Crippen LogP contribution in [0.3, 0.4) is 0 Å². The smallest absolute Gasteiger partial charge is 0.134 e. The predicted molar refractivity (Wildman–Crippen MR) is 31.3 cm³/mol. The predicted octanol–water partition coefficient (Wildman–Crippen LogP) is -0.000910. The van der Waals surface area contributed by atoms with Gasteiger partial charge in [0.25, 0.3) is 0 Å². The van der Waals surface area contributed by atoms with Gasteiger partial charge in [-0.25, -0.2) is 0 Å². The molecule has 1 rings (SSSR count). The SMILES string of the molecule is CC(=O)[CH]C1CNC1. The average molecular weight is 112 g/mol. The summed E-state index contributed by atoms with van der Waals surface area (Å²) in [6.45, 7) is 3.57. The third-order valence-electron chi connectivity index (χ3n) is 1.28. The van der Waals surface area contributed by atoms with Crippen molar-refractivity contribution in [3.05, 3.63) is 6.42 Å². The molecule has 0 amide bonds. The van der Waals surface area contributed by atoms with Crippen LogP contribution < -0.4 is 5.32 Å². The number of nitrogens with one attached hydrogen (secondary N) is 1. The fourth-order valence-electron chi connectivity index (χ4n) is 0.761. The first-order chi connectivity index (χ1) is 3.79. The molecule has 1 N–H and O–H groups in total. The van der Waals surface area contributed by atoms with Crippen molar-refractivity contribution in [1.82, 2.24) is 5.32 Å². The zero-order valence-electron chi connectivity index (χ0n) is 4.98. The van der Waals surface area contributed by atoms with Crippen LogP contribution in [0.1, 0.15) is 6.92 Å². The van der Waals surface area contributed by atoms with E-state index in [-0.39, 0.29) is 5.78 Å². The minimum atomic E-state index is 0.191. The lowest BCUT2D eigenvalue weighted by Crippen LogP contribution is -2.43. The standard InChI is InChI=1S/C6H10NO/c1-5(8)2-6-3-7-4-6/h2,6-7H,3-4H2,1H3. The molecular formula is C6H10NO. The Labute approximate surface area is 49.3 Å². The number of hydrogen-bond donors (Lipinski definition) is 1. The van der Waals surface area contributed by atoms with Crippen molar-refractivity contribution < 1.29 is 4.79 Å². The van der Waals surface area contributed by atoms with Gasteiger partial charge in [0.05, 0.1) is 0 Å². The Morgan fingerprint density at radius 3 is 2.50 bits per heavy atom. The molecule has 1 heterocycles. The van der Waals surface area contributed by atoms with E-state index >= 15 is 0 Å². The summed E-state index contributed by atoms with van der Waals surface area (Å²) in [5, 5.41) is 3.08. The highest BCUT2D eigenvalue weighted by Gasteiger charge is 2.17. The summed E-state index contributed by atoms with van der Waals surface area (Å²) in [5.74, 6) is 0.712. The van der Waals surface area contributed by atoms with Crippen LogP contribution in [0.25, 0.3) is 0 Å². The van der Waals surface area contributed by atoms with Crippen molar-refractivity contribution >= 4 is 5.78 Å². The van der Waals surface area contributed by atoms with Crippen LogP contribution in [-0.2, 0) is 4.79 Å². The Hall–Kier alpha value is -0.370. The number of ketones is 1. The molecule has 0 aromatic heterocycles. The first-order valence-electron chi connectivity index (χ1n) is 2.85. The minimum absolute atomic E-state index is 0.191. The molecule has 0 aromatic carbocycles. The van der Waals surface area contributed by atoms with E-state index in [4.69, 9.17) is 0 Å². The van der Waals surface area contributed by atoms with Gasteiger partial charge in [0, 0.05) is 6.42 Å². The van der Waals surface area contributed by atoms with Gasteiger partial charge in [0.15, 0.2) is 0 Å². The normalized spacial score (nSPS) is 20.1. The maximum absolute atomic E-state index is 10.4. The Kier molecular flexibility index (Phi) is 1.63. The van der Waals surface area contributed by atoms with Crippen molar-refractivity contribution in [2.75, 3.05) is 13.1 Å². The molecule has 0 atom stereocenters. The summed E-state index contributed by atoms with van der Waals surface area (Å²) >= 11 is 0. The van der Waals surface area contributed by atoms with Crippen LogP contribution in [0.15, 0.2) is 0 Å². The molecule has 0 spiro atoms. The molecule has 1 aliphatic heterocycles. The summed E-state index contributed by atoms with van der Waals surface area (Å²) in [7, 11) is 0. The van der Waals surface area contributed by atoms with E-state index in [1.165, 1.54) is 0 Å². The molecule has 1 fully saturated rings. The van der Waals surface area contributed by atoms with Gasteiger partial charge in [0.2, 0.25) is 0 Å². The molecule has 0 aliphatic carbocycles. The molecule has 0 unspecified atom stereocenters. The lowest BCUT2D eigenvalue weighted by molar-refractivity contribution is -0.114. The summed E-state index contributed by atoms with van der Waals surface area (Å²) < 4.78 is 0. The van der Waals surface area contributed by atoms with Crippen molar-refractivity contribution in [2.45, 2.75) is 6.92 Å². The molecule has 2 nitrogen and oxygen atoms in total. The lowest BCUT2D eigenvalue weighted by atomic mass is 9.98. The zero-order chi connectivity index (χ0) is 5.98. The Morgan fingerprint density at radius 1 is 1.75 bits per heavy atom. The third kappa shape index (κ3) is 1.30. The second kappa shape index (κ2) is 2.27. The van der Waals surface area contributed by atoms with Crippen LogP contribution in [-0.4, -0.2) is 18.9 Å². The maximum Gasteiger partial charge on any atom is 0.134 e. The van der Waals surface area contributed by atoms with Gasteiger partial charge in [-0.1, -0.05) is 0 Å². The monoisotopic (exact) mass is 112 g/mol. The van der Waals surface area contributed by atoms with Gasteiger partial charge in [-0.2, -0.15) is 0 Å². The molecule has 0 saturated carbocycles. The van der Waals surface area contributed by atoms with Crippen LogP contribution >= 0.6 is 0 Å². The van der Waals surface area contributed by atoms with Gasteiger partial charge in [-0.3, -0.25) is 4.79 Å². The first-order valence-corrected chi connectivity index (χ1v) is 2.85. The molecule has 45 valence electrons. The Morgan fingerprint density at radius 2 is 2.38 bits per heavy atom. The van der Waals surface area contributed by atoms with Crippen LogP contribution in [0.5, 0.6) is 0 Å². The molecule has 1 aliphatic rings. The minimum Gasteiger partial charge on any atom is -0.316 e. The molecular weight excluding hydrogens is 102 g/mol. The van der Waals surface area contributed by atoms with Gasteiger partial charge in [0.1, 0.15) is 5.78 Å². The number of carbonyl (C=O) groups excluding carboxylic acids is 1. The van der Waals surface area contributed by atoms with Crippen molar-refractivity contribution in [2.24, 2.45) is 5.92 Å². The van der Waals surface area contributed by atoms with Crippen molar-refractivity contribution in [3.8, 4) is 0 Å². The maximum atomic E-state index is 10.4. The van der Waals surface area contributed by atoms with E-state index in [0.29, 0.717) is 5.92 Å². The lowest BCUT2D eigenvalue weighted by Gasteiger charge is -2.25. The molecule has 1 radical (unpaired) electrons. The van der Waals surface area contributed by atoms with E-state index in [9.17, 15) is 4.79 Å². The Bertz CT molecular complexity index is 96.7. The van der Waals surface area contributed by atoms with E-state index in [2.05, 4.69) is 5.32 Å². The number of rotatable bonds is 2. The molecule has 1 saturated heterocycles. The van der Waals surface area contributed by atoms with E-state index in [1.54, 1.807) is 13.3 Å². The number of carbonyl (C=O) groups is 1. The Balaban J connectivity index is 2.09. The fraction of sp³-hybridized carbons (Fsp3) is 0.667. The largest absolute Gasteiger partial charge is 0.316 e. The molecule has 2 heteroatoms. The number of Topliss-reactive ketones (excluding diaryl/α,β-unsaturated/α-hetero) is 1. The highest BCUT2D eigenvalue weighted by molar-refractivity contribution is 5.84.